The van der Waals surface area contributed by atoms with E-state index in [2.05, 4.69) is 10.3 Å². The van der Waals surface area contributed by atoms with E-state index in [0.717, 1.165) is 29.2 Å². The minimum atomic E-state index is -0.235. The molecule has 1 aromatic carbocycles. The Kier molecular flexibility index (Phi) is 3.38. The first-order valence-corrected chi connectivity index (χ1v) is 5.68. The molecule has 1 heterocycles. The number of nitrogens with one attached hydrogen (secondary N) is 1. The van der Waals surface area contributed by atoms with Gasteiger partial charge in [-0.05, 0) is 43.7 Å². The van der Waals surface area contributed by atoms with Gasteiger partial charge in [-0.25, -0.2) is 9.37 Å². The number of nitrogens with zero attached hydrogens (tertiary/aromatic N) is 1. The highest BCUT2D eigenvalue weighted by molar-refractivity contribution is 5.65. The molecule has 0 aliphatic carbocycles. The number of hydrogen-bond acceptors (Lipinski definition) is 2. The first kappa shape index (κ1) is 11.6. The highest BCUT2D eigenvalue weighted by atomic mass is 19.1. The number of hydrogen-bond donors (Lipinski definition) is 1. The Bertz CT molecular complexity index is 523. The van der Waals surface area contributed by atoms with Crippen molar-refractivity contribution < 1.29 is 4.39 Å². The summed E-state index contributed by atoms with van der Waals surface area (Å²) in [4.78, 5) is 4.46. The summed E-state index contributed by atoms with van der Waals surface area (Å²) < 4.78 is 13.2. The number of benzene rings is 1. The fraction of sp³-hybridized carbons (Fsp3) is 0.214. The van der Waals surface area contributed by atoms with Crippen LogP contribution < -0.4 is 5.32 Å². The molecular weight excluding hydrogens is 215 g/mol. The summed E-state index contributed by atoms with van der Waals surface area (Å²) >= 11 is 0. The summed E-state index contributed by atoms with van der Waals surface area (Å²) in [7, 11) is 0. The maximum atomic E-state index is 13.2. The standard InChI is InChI=1S/C14H15FN2/c1-3-16-14-6-4-5-13(17-14)12-9-11(15)8-7-10(12)2/h4-9H,3H2,1-2H3,(H,16,17). The number of halogens is 1. The lowest BCUT2D eigenvalue weighted by Crippen LogP contribution is -1.99. The third-order valence-electron chi connectivity index (χ3n) is 2.58. The van der Waals surface area contributed by atoms with Crippen LogP contribution in [-0.2, 0) is 0 Å². The van der Waals surface area contributed by atoms with Crippen molar-refractivity contribution in [3.63, 3.8) is 0 Å². The Morgan fingerprint density at radius 1 is 1.24 bits per heavy atom. The van der Waals surface area contributed by atoms with Crippen molar-refractivity contribution in [3.8, 4) is 11.3 Å². The van der Waals surface area contributed by atoms with Crippen LogP contribution in [-0.4, -0.2) is 11.5 Å². The maximum absolute atomic E-state index is 13.2. The van der Waals surface area contributed by atoms with Crippen LogP contribution in [0.4, 0.5) is 10.2 Å². The molecule has 2 rings (SSSR count). The van der Waals surface area contributed by atoms with Crippen LogP contribution in [0.15, 0.2) is 36.4 Å². The summed E-state index contributed by atoms with van der Waals surface area (Å²) in [5.41, 5.74) is 2.65. The molecule has 0 saturated carbocycles. The van der Waals surface area contributed by atoms with Crippen molar-refractivity contribution >= 4 is 5.82 Å². The van der Waals surface area contributed by atoms with E-state index in [1.165, 1.54) is 12.1 Å². The normalized spacial score (nSPS) is 10.3. The highest BCUT2D eigenvalue weighted by Crippen LogP contribution is 2.23. The zero-order valence-electron chi connectivity index (χ0n) is 10.00. The largest absolute Gasteiger partial charge is 0.370 e. The quantitative estimate of drug-likeness (QED) is 0.871. The summed E-state index contributed by atoms with van der Waals surface area (Å²) in [6.45, 7) is 4.79. The van der Waals surface area contributed by atoms with Gasteiger partial charge in [0.25, 0.3) is 0 Å². The van der Waals surface area contributed by atoms with Crippen molar-refractivity contribution in [1.82, 2.24) is 4.98 Å². The maximum Gasteiger partial charge on any atom is 0.126 e. The lowest BCUT2D eigenvalue weighted by atomic mass is 10.1. The smallest absolute Gasteiger partial charge is 0.126 e. The lowest BCUT2D eigenvalue weighted by molar-refractivity contribution is 0.628. The van der Waals surface area contributed by atoms with Gasteiger partial charge in [-0.3, -0.25) is 0 Å². The molecule has 0 unspecified atom stereocenters. The topological polar surface area (TPSA) is 24.9 Å². The van der Waals surface area contributed by atoms with Crippen LogP contribution in [0.25, 0.3) is 11.3 Å². The van der Waals surface area contributed by atoms with Crippen LogP contribution in [0.2, 0.25) is 0 Å². The van der Waals surface area contributed by atoms with Gasteiger partial charge in [0.2, 0.25) is 0 Å². The molecule has 0 aliphatic rings. The van der Waals surface area contributed by atoms with Gasteiger partial charge in [0.15, 0.2) is 0 Å². The van der Waals surface area contributed by atoms with Crippen molar-refractivity contribution in [2.45, 2.75) is 13.8 Å². The molecule has 1 N–H and O–H groups in total. The minimum absolute atomic E-state index is 0.235. The van der Waals surface area contributed by atoms with Gasteiger partial charge in [0, 0.05) is 12.1 Å². The molecule has 2 nitrogen and oxygen atoms in total. The second-order valence-electron chi connectivity index (χ2n) is 3.90. The van der Waals surface area contributed by atoms with Gasteiger partial charge in [0.05, 0.1) is 5.69 Å². The first-order valence-electron chi connectivity index (χ1n) is 5.68. The Balaban J connectivity index is 2.45. The molecule has 0 bridgehead atoms. The number of aryl methyl sites for hydroxylation is 1. The molecular formula is C14H15FN2. The van der Waals surface area contributed by atoms with Crippen LogP contribution in [0.5, 0.6) is 0 Å². The lowest BCUT2D eigenvalue weighted by Gasteiger charge is -2.08. The minimum Gasteiger partial charge on any atom is -0.370 e. The molecule has 1 aromatic heterocycles. The van der Waals surface area contributed by atoms with Gasteiger partial charge >= 0.3 is 0 Å². The Morgan fingerprint density at radius 2 is 2.06 bits per heavy atom. The van der Waals surface area contributed by atoms with Crippen LogP contribution in [0, 0.1) is 12.7 Å². The Hall–Kier alpha value is -1.90. The summed E-state index contributed by atoms with van der Waals surface area (Å²) in [5, 5.41) is 3.15. The Morgan fingerprint density at radius 3 is 2.82 bits per heavy atom. The number of aromatic nitrogens is 1. The zero-order valence-corrected chi connectivity index (χ0v) is 10.00. The molecule has 0 amide bonds. The predicted octanol–water partition coefficient (Wildman–Crippen LogP) is 3.63. The van der Waals surface area contributed by atoms with Crippen molar-refractivity contribution in [2.75, 3.05) is 11.9 Å². The number of pyridine rings is 1. The van der Waals surface area contributed by atoms with E-state index >= 15 is 0 Å². The fourth-order valence-electron chi connectivity index (χ4n) is 1.73. The summed E-state index contributed by atoms with van der Waals surface area (Å²) in [6.07, 6.45) is 0. The SMILES string of the molecule is CCNc1cccc(-c2cc(F)ccc2C)n1. The highest BCUT2D eigenvalue weighted by Gasteiger charge is 2.05. The predicted molar refractivity (Wildman–Crippen MR) is 68.5 cm³/mol. The van der Waals surface area contributed by atoms with E-state index < -0.39 is 0 Å². The van der Waals surface area contributed by atoms with Crippen molar-refractivity contribution in [2.24, 2.45) is 0 Å². The average molecular weight is 230 g/mol. The van der Waals surface area contributed by atoms with E-state index in [0.29, 0.717) is 0 Å². The molecule has 17 heavy (non-hydrogen) atoms. The molecule has 0 saturated heterocycles. The van der Waals surface area contributed by atoms with Gasteiger partial charge in [-0.2, -0.15) is 0 Å². The molecule has 0 atom stereocenters. The zero-order chi connectivity index (χ0) is 12.3. The first-order chi connectivity index (χ1) is 8.20. The summed E-state index contributed by atoms with van der Waals surface area (Å²) in [5.74, 6) is 0.579. The second-order valence-corrected chi connectivity index (χ2v) is 3.90. The fourth-order valence-corrected chi connectivity index (χ4v) is 1.73. The van der Waals surface area contributed by atoms with Crippen molar-refractivity contribution in [1.29, 1.82) is 0 Å². The van der Waals surface area contributed by atoms with E-state index in [-0.39, 0.29) is 5.82 Å². The van der Waals surface area contributed by atoms with E-state index in [1.807, 2.05) is 32.0 Å². The average Bonchev–Trinajstić information content (AvgIpc) is 2.33. The van der Waals surface area contributed by atoms with Gasteiger partial charge in [0.1, 0.15) is 11.6 Å². The second kappa shape index (κ2) is 4.95. The summed E-state index contributed by atoms with van der Waals surface area (Å²) in [6, 6.07) is 10.5. The molecule has 88 valence electrons. The van der Waals surface area contributed by atoms with Gasteiger partial charge in [-0.15, -0.1) is 0 Å². The molecule has 0 fully saturated rings. The van der Waals surface area contributed by atoms with E-state index in [4.69, 9.17) is 0 Å². The molecule has 2 aromatic rings. The third kappa shape index (κ3) is 2.61. The number of anilines is 1. The number of rotatable bonds is 3. The molecule has 0 aliphatic heterocycles. The third-order valence-corrected chi connectivity index (χ3v) is 2.58. The van der Waals surface area contributed by atoms with Crippen LogP contribution in [0.1, 0.15) is 12.5 Å². The molecule has 0 spiro atoms. The molecule has 0 radical (unpaired) electrons. The molecule has 3 heteroatoms. The van der Waals surface area contributed by atoms with Gasteiger partial charge < -0.3 is 5.32 Å². The van der Waals surface area contributed by atoms with Crippen LogP contribution in [0.3, 0.4) is 0 Å². The van der Waals surface area contributed by atoms with Crippen molar-refractivity contribution in [3.05, 3.63) is 47.8 Å². The van der Waals surface area contributed by atoms with E-state index in [9.17, 15) is 4.39 Å². The van der Waals surface area contributed by atoms with Gasteiger partial charge in [-0.1, -0.05) is 12.1 Å². The van der Waals surface area contributed by atoms with Crippen LogP contribution >= 0.6 is 0 Å². The Labute approximate surface area is 101 Å². The monoisotopic (exact) mass is 230 g/mol. The van der Waals surface area contributed by atoms with E-state index in [1.54, 1.807) is 6.07 Å².